The Balaban J connectivity index is 2.25. The molecule has 1 aromatic carbocycles. The fraction of sp³-hybridized carbons (Fsp3) is 0.375. The Morgan fingerprint density at radius 1 is 1.38 bits per heavy atom. The lowest BCUT2D eigenvalue weighted by molar-refractivity contribution is 0.0934. The normalized spacial score (nSPS) is 12.0. The monoisotopic (exact) mass is 287 g/mol. The van der Waals surface area contributed by atoms with Crippen molar-refractivity contribution in [3.63, 3.8) is 0 Å². The Morgan fingerprint density at radius 2 is 2.10 bits per heavy atom. The number of rotatable bonds is 5. The van der Waals surface area contributed by atoms with Crippen LogP contribution in [0.3, 0.4) is 0 Å². The standard InChI is InChI=1S/C16H21N3O2/c1-5-13(12-8-6-7-9-14(12)21-4)17-16(20)15-10(2)18-19-11(15)3/h6-9,13H,5H2,1-4H3,(H,17,20)(H,18,19). The predicted octanol–water partition coefficient (Wildman–Crippen LogP) is 2.92. The van der Waals surface area contributed by atoms with Crippen molar-refractivity contribution >= 4 is 5.91 Å². The molecule has 0 aliphatic carbocycles. The van der Waals surface area contributed by atoms with E-state index < -0.39 is 0 Å². The molecule has 21 heavy (non-hydrogen) atoms. The first-order valence-electron chi connectivity index (χ1n) is 7.03. The van der Waals surface area contributed by atoms with Crippen LogP contribution in [0.4, 0.5) is 0 Å². The maximum absolute atomic E-state index is 12.5. The van der Waals surface area contributed by atoms with Crippen LogP contribution in [0.15, 0.2) is 24.3 Å². The van der Waals surface area contributed by atoms with Gasteiger partial charge in [-0.25, -0.2) is 0 Å². The molecule has 112 valence electrons. The van der Waals surface area contributed by atoms with Gasteiger partial charge >= 0.3 is 0 Å². The number of carbonyl (C=O) groups is 1. The van der Waals surface area contributed by atoms with Gasteiger partial charge in [-0.05, 0) is 26.3 Å². The van der Waals surface area contributed by atoms with Crippen molar-refractivity contribution in [3.8, 4) is 5.75 Å². The van der Waals surface area contributed by atoms with Gasteiger partial charge in [0.05, 0.1) is 24.4 Å². The molecule has 0 aliphatic rings. The van der Waals surface area contributed by atoms with E-state index in [1.807, 2.05) is 45.0 Å². The topological polar surface area (TPSA) is 67.0 Å². The SMILES string of the molecule is CCC(NC(=O)c1c(C)n[nH]c1C)c1ccccc1OC. The molecule has 2 rings (SSSR count). The summed E-state index contributed by atoms with van der Waals surface area (Å²) in [4.78, 5) is 12.5. The number of aromatic amines is 1. The predicted molar refractivity (Wildman–Crippen MR) is 81.6 cm³/mol. The summed E-state index contributed by atoms with van der Waals surface area (Å²) in [5, 5.41) is 9.96. The third-order valence-electron chi connectivity index (χ3n) is 3.58. The van der Waals surface area contributed by atoms with Gasteiger partial charge in [-0.15, -0.1) is 0 Å². The van der Waals surface area contributed by atoms with Crippen LogP contribution in [0.25, 0.3) is 0 Å². The lowest BCUT2D eigenvalue weighted by Crippen LogP contribution is -2.29. The highest BCUT2D eigenvalue weighted by atomic mass is 16.5. The van der Waals surface area contributed by atoms with Gasteiger partial charge in [-0.3, -0.25) is 9.89 Å². The van der Waals surface area contributed by atoms with E-state index in [9.17, 15) is 4.79 Å². The van der Waals surface area contributed by atoms with Crippen LogP contribution in [0.5, 0.6) is 5.75 Å². The fourth-order valence-electron chi connectivity index (χ4n) is 2.47. The zero-order chi connectivity index (χ0) is 15.4. The minimum atomic E-state index is -0.114. The number of hydrogen-bond donors (Lipinski definition) is 2. The van der Waals surface area contributed by atoms with Crippen molar-refractivity contribution in [2.45, 2.75) is 33.2 Å². The van der Waals surface area contributed by atoms with Gasteiger partial charge in [0, 0.05) is 11.3 Å². The summed E-state index contributed by atoms with van der Waals surface area (Å²) >= 11 is 0. The number of aromatic nitrogens is 2. The van der Waals surface area contributed by atoms with E-state index >= 15 is 0 Å². The van der Waals surface area contributed by atoms with Crippen molar-refractivity contribution in [2.75, 3.05) is 7.11 Å². The van der Waals surface area contributed by atoms with Crippen LogP contribution in [0.1, 0.15) is 46.7 Å². The van der Waals surface area contributed by atoms with Crippen molar-refractivity contribution in [1.82, 2.24) is 15.5 Å². The van der Waals surface area contributed by atoms with E-state index in [1.54, 1.807) is 7.11 Å². The number of nitrogens with one attached hydrogen (secondary N) is 2. The minimum absolute atomic E-state index is 0.0950. The average Bonchev–Trinajstić information content (AvgIpc) is 2.83. The molecule has 0 bridgehead atoms. The van der Waals surface area contributed by atoms with Crippen molar-refractivity contribution < 1.29 is 9.53 Å². The molecule has 5 heteroatoms. The number of hydrogen-bond acceptors (Lipinski definition) is 3. The van der Waals surface area contributed by atoms with Crippen LogP contribution in [-0.2, 0) is 0 Å². The van der Waals surface area contributed by atoms with Crippen molar-refractivity contribution in [1.29, 1.82) is 0 Å². The van der Waals surface area contributed by atoms with Gasteiger partial charge in [0.2, 0.25) is 0 Å². The molecule has 2 aromatic rings. The largest absolute Gasteiger partial charge is 0.496 e. The number of para-hydroxylation sites is 1. The number of aryl methyl sites for hydroxylation is 2. The molecular weight excluding hydrogens is 266 g/mol. The van der Waals surface area contributed by atoms with E-state index in [-0.39, 0.29) is 11.9 Å². The molecule has 1 atom stereocenters. The number of H-pyrrole nitrogens is 1. The van der Waals surface area contributed by atoms with Gasteiger partial charge in [0.1, 0.15) is 5.75 Å². The molecule has 5 nitrogen and oxygen atoms in total. The van der Waals surface area contributed by atoms with Crippen LogP contribution in [-0.4, -0.2) is 23.2 Å². The molecule has 1 aromatic heterocycles. The number of benzene rings is 1. The molecule has 2 N–H and O–H groups in total. The number of amides is 1. The molecule has 0 aliphatic heterocycles. The van der Waals surface area contributed by atoms with E-state index in [1.165, 1.54) is 0 Å². The summed E-state index contributed by atoms with van der Waals surface area (Å²) in [5.41, 5.74) is 3.08. The van der Waals surface area contributed by atoms with Crippen LogP contribution in [0.2, 0.25) is 0 Å². The molecule has 0 saturated heterocycles. The first kappa shape index (κ1) is 15.1. The van der Waals surface area contributed by atoms with Crippen LogP contribution >= 0.6 is 0 Å². The Hall–Kier alpha value is -2.30. The zero-order valence-electron chi connectivity index (χ0n) is 12.9. The fourth-order valence-corrected chi connectivity index (χ4v) is 2.47. The molecule has 1 unspecified atom stereocenters. The van der Waals surface area contributed by atoms with Gasteiger partial charge in [-0.2, -0.15) is 5.10 Å². The molecule has 0 saturated carbocycles. The second-order valence-electron chi connectivity index (χ2n) is 4.99. The molecular formula is C16H21N3O2. The Bertz CT molecular complexity index is 615. The second-order valence-corrected chi connectivity index (χ2v) is 4.99. The third kappa shape index (κ3) is 3.07. The number of nitrogens with zero attached hydrogens (tertiary/aromatic N) is 1. The zero-order valence-corrected chi connectivity index (χ0v) is 12.9. The number of methoxy groups -OCH3 is 1. The lowest BCUT2D eigenvalue weighted by atomic mass is 10.0. The summed E-state index contributed by atoms with van der Waals surface area (Å²) in [5.74, 6) is 0.668. The van der Waals surface area contributed by atoms with E-state index in [2.05, 4.69) is 15.5 Å². The summed E-state index contributed by atoms with van der Waals surface area (Å²) in [6, 6.07) is 7.64. The van der Waals surface area contributed by atoms with E-state index in [4.69, 9.17) is 4.74 Å². The van der Waals surface area contributed by atoms with Gasteiger partial charge in [0.15, 0.2) is 0 Å². The summed E-state index contributed by atoms with van der Waals surface area (Å²) in [7, 11) is 1.64. The number of ether oxygens (including phenoxy) is 1. The highest BCUT2D eigenvalue weighted by Crippen LogP contribution is 2.27. The summed E-state index contributed by atoms with van der Waals surface area (Å²) in [6.45, 7) is 5.70. The first-order chi connectivity index (χ1) is 10.1. The molecule has 0 radical (unpaired) electrons. The van der Waals surface area contributed by atoms with Gasteiger partial charge in [-0.1, -0.05) is 25.1 Å². The molecule has 0 fully saturated rings. The highest BCUT2D eigenvalue weighted by molar-refractivity contribution is 5.96. The second kappa shape index (κ2) is 6.43. The maximum Gasteiger partial charge on any atom is 0.255 e. The molecule has 0 spiro atoms. The molecule has 1 heterocycles. The van der Waals surface area contributed by atoms with E-state index in [0.717, 1.165) is 23.4 Å². The quantitative estimate of drug-likeness (QED) is 0.888. The number of carbonyl (C=O) groups excluding carboxylic acids is 1. The summed E-state index contributed by atoms with van der Waals surface area (Å²) in [6.07, 6.45) is 0.780. The first-order valence-corrected chi connectivity index (χ1v) is 7.03. The smallest absolute Gasteiger partial charge is 0.255 e. The highest BCUT2D eigenvalue weighted by Gasteiger charge is 2.21. The van der Waals surface area contributed by atoms with Gasteiger partial charge in [0.25, 0.3) is 5.91 Å². The Labute approximate surface area is 124 Å². The summed E-state index contributed by atoms with van der Waals surface area (Å²) < 4.78 is 5.38. The van der Waals surface area contributed by atoms with Crippen molar-refractivity contribution in [2.24, 2.45) is 0 Å². The minimum Gasteiger partial charge on any atom is -0.496 e. The van der Waals surface area contributed by atoms with Crippen molar-refractivity contribution in [3.05, 3.63) is 46.8 Å². The van der Waals surface area contributed by atoms with Crippen LogP contribution in [0, 0.1) is 13.8 Å². The van der Waals surface area contributed by atoms with Crippen LogP contribution < -0.4 is 10.1 Å². The molecule has 1 amide bonds. The van der Waals surface area contributed by atoms with E-state index in [0.29, 0.717) is 11.3 Å². The third-order valence-corrected chi connectivity index (χ3v) is 3.58. The lowest BCUT2D eigenvalue weighted by Gasteiger charge is -2.20. The maximum atomic E-state index is 12.5. The Morgan fingerprint density at radius 3 is 2.67 bits per heavy atom. The van der Waals surface area contributed by atoms with Gasteiger partial charge < -0.3 is 10.1 Å². The average molecular weight is 287 g/mol. The Kier molecular flexibility index (Phi) is 4.62.